The van der Waals surface area contributed by atoms with Gasteiger partial charge in [0.1, 0.15) is 11.5 Å². The van der Waals surface area contributed by atoms with E-state index in [1.807, 2.05) is 0 Å². The van der Waals surface area contributed by atoms with Gasteiger partial charge in [-0.3, -0.25) is 4.79 Å². The van der Waals surface area contributed by atoms with Crippen molar-refractivity contribution in [3.63, 3.8) is 0 Å². The maximum atomic E-state index is 12.2. The minimum atomic E-state index is -1.26. The Balaban J connectivity index is 1.87. The maximum absolute atomic E-state index is 12.2. The molecular formula is C19H20ClNO5. The molecule has 0 radical (unpaired) electrons. The lowest BCUT2D eigenvalue weighted by molar-refractivity contribution is -0.161. The highest BCUT2D eigenvalue weighted by atomic mass is 35.5. The summed E-state index contributed by atoms with van der Waals surface area (Å²) in [6.07, 6.45) is 0. The van der Waals surface area contributed by atoms with Gasteiger partial charge in [-0.2, -0.15) is 0 Å². The van der Waals surface area contributed by atoms with E-state index >= 15 is 0 Å². The number of nitrogens with one attached hydrogen (secondary N) is 1. The van der Waals surface area contributed by atoms with Crippen molar-refractivity contribution in [2.75, 3.05) is 19.0 Å². The summed E-state index contributed by atoms with van der Waals surface area (Å²) in [5.41, 5.74) is -0.716. The summed E-state index contributed by atoms with van der Waals surface area (Å²) in [5.74, 6) is -0.0448. The van der Waals surface area contributed by atoms with Crippen LogP contribution in [-0.4, -0.2) is 31.2 Å². The third-order valence-corrected chi connectivity index (χ3v) is 3.62. The quantitative estimate of drug-likeness (QED) is 0.745. The summed E-state index contributed by atoms with van der Waals surface area (Å²) in [6.45, 7) is 2.69. The average molecular weight is 378 g/mol. The van der Waals surface area contributed by atoms with Gasteiger partial charge in [0.25, 0.3) is 5.91 Å². The van der Waals surface area contributed by atoms with Gasteiger partial charge in [-0.05, 0) is 50.2 Å². The predicted octanol–water partition coefficient (Wildman–Crippen LogP) is 3.69. The van der Waals surface area contributed by atoms with Crippen LogP contribution in [0.15, 0.2) is 48.5 Å². The van der Waals surface area contributed by atoms with Crippen LogP contribution in [0.2, 0.25) is 5.02 Å². The van der Waals surface area contributed by atoms with Crippen molar-refractivity contribution in [2.45, 2.75) is 19.4 Å². The Labute approximate surface area is 157 Å². The number of amides is 1. The molecule has 0 saturated heterocycles. The first-order chi connectivity index (χ1) is 12.3. The lowest BCUT2D eigenvalue weighted by Gasteiger charge is -2.24. The molecule has 7 heteroatoms. The number of esters is 1. The molecule has 2 rings (SSSR count). The van der Waals surface area contributed by atoms with Gasteiger partial charge in [0.15, 0.2) is 12.2 Å². The van der Waals surface area contributed by atoms with Crippen LogP contribution in [0, 0.1) is 0 Å². The zero-order valence-corrected chi connectivity index (χ0v) is 15.5. The topological polar surface area (TPSA) is 73.9 Å². The SMILES string of the molecule is COc1cccc(NC(=O)COC(=O)C(C)(C)Oc2ccc(Cl)cc2)c1. The fraction of sp³-hybridized carbons (Fsp3) is 0.263. The molecular weight excluding hydrogens is 358 g/mol. The summed E-state index contributed by atoms with van der Waals surface area (Å²) in [6, 6.07) is 13.5. The molecule has 0 spiro atoms. The Kier molecular flexibility index (Phi) is 6.46. The van der Waals surface area contributed by atoms with Gasteiger partial charge < -0.3 is 19.5 Å². The van der Waals surface area contributed by atoms with Crippen molar-refractivity contribution in [1.82, 2.24) is 0 Å². The van der Waals surface area contributed by atoms with Crippen LogP contribution in [-0.2, 0) is 14.3 Å². The molecule has 0 heterocycles. The van der Waals surface area contributed by atoms with E-state index in [0.717, 1.165) is 0 Å². The fourth-order valence-corrected chi connectivity index (χ4v) is 2.17. The Bertz CT molecular complexity index is 774. The van der Waals surface area contributed by atoms with E-state index in [4.69, 9.17) is 25.8 Å². The number of rotatable bonds is 7. The number of methoxy groups -OCH3 is 1. The summed E-state index contributed by atoms with van der Waals surface area (Å²) < 4.78 is 15.8. The number of halogens is 1. The van der Waals surface area contributed by atoms with Crippen LogP contribution in [0.4, 0.5) is 5.69 Å². The van der Waals surface area contributed by atoms with Gasteiger partial charge >= 0.3 is 5.97 Å². The molecule has 0 aliphatic carbocycles. The van der Waals surface area contributed by atoms with Crippen molar-refractivity contribution in [3.8, 4) is 11.5 Å². The second-order valence-electron chi connectivity index (χ2n) is 5.92. The third kappa shape index (κ3) is 5.67. The van der Waals surface area contributed by atoms with Gasteiger partial charge in [-0.15, -0.1) is 0 Å². The molecule has 0 aliphatic rings. The van der Waals surface area contributed by atoms with Gasteiger partial charge in [0.05, 0.1) is 7.11 Å². The molecule has 0 aromatic heterocycles. The molecule has 0 saturated carbocycles. The highest BCUT2D eigenvalue weighted by Crippen LogP contribution is 2.22. The molecule has 138 valence electrons. The van der Waals surface area contributed by atoms with Crippen LogP contribution in [0.5, 0.6) is 11.5 Å². The summed E-state index contributed by atoms with van der Waals surface area (Å²) in [4.78, 5) is 24.2. The van der Waals surface area contributed by atoms with E-state index < -0.39 is 24.1 Å². The van der Waals surface area contributed by atoms with Gasteiger partial charge in [0.2, 0.25) is 0 Å². The molecule has 0 bridgehead atoms. The second kappa shape index (κ2) is 8.58. The molecule has 0 unspecified atom stereocenters. The number of hydrogen-bond acceptors (Lipinski definition) is 5. The lowest BCUT2D eigenvalue weighted by Crippen LogP contribution is -2.41. The van der Waals surface area contributed by atoms with E-state index in [1.165, 1.54) is 7.11 Å². The highest BCUT2D eigenvalue weighted by molar-refractivity contribution is 6.30. The van der Waals surface area contributed by atoms with Gasteiger partial charge in [-0.25, -0.2) is 4.79 Å². The second-order valence-corrected chi connectivity index (χ2v) is 6.36. The first-order valence-electron chi connectivity index (χ1n) is 7.86. The number of benzene rings is 2. The van der Waals surface area contributed by atoms with E-state index in [1.54, 1.807) is 62.4 Å². The standard InChI is InChI=1S/C19H20ClNO5/c1-19(2,26-15-9-7-13(20)8-10-15)18(23)25-12-17(22)21-14-5-4-6-16(11-14)24-3/h4-11H,12H2,1-3H3,(H,21,22). The van der Waals surface area contributed by atoms with E-state index in [0.29, 0.717) is 22.2 Å². The molecule has 1 N–H and O–H groups in total. The summed E-state index contributed by atoms with van der Waals surface area (Å²) in [7, 11) is 1.53. The van der Waals surface area contributed by atoms with E-state index in [9.17, 15) is 9.59 Å². The van der Waals surface area contributed by atoms with E-state index in [2.05, 4.69) is 5.32 Å². The zero-order chi connectivity index (χ0) is 19.2. The lowest BCUT2D eigenvalue weighted by atomic mass is 10.1. The predicted molar refractivity (Wildman–Crippen MR) is 98.7 cm³/mol. The number of carbonyl (C=O) groups is 2. The van der Waals surface area contributed by atoms with Crippen molar-refractivity contribution >= 4 is 29.2 Å². The zero-order valence-electron chi connectivity index (χ0n) is 14.7. The summed E-state index contributed by atoms with van der Waals surface area (Å²) >= 11 is 5.82. The Morgan fingerprint density at radius 1 is 1.08 bits per heavy atom. The molecule has 2 aromatic rings. The first-order valence-corrected chi connectivity index (χ1v) is 8.23. The Morgan fingerprint density at radius 3 is 2.42 bits per heavy atom. The highest BCUT2D eigenvalue weighted by Gasteiger charge is 2.32. The van der Waals surface area contributed by atoms with Gasteiger partial charge in [0, 0.05) is 16.8 Å². The minimum Gasteiger partial charge on any atom is -0.497 e. The summed E-state index contributed by atoms with van der Waals surface area (Å²) in [5, 5.41) is 3.19. The molecule has 1 amide bonds. The molecule has 26 heavy (non-hydrogen) atoms. The molecule has 0 fully saturated rings. The molecule has 0 atom stereocenters. The minimum absolute atomic E-state index is 0.427. The largest absolute Gasteiger partial charge is 0.497 e. The van der Waals surface area contributed by atoms with Crippen molar-refractivity contribution in [3.05, 3.63) is 53.6 Å². The van der Waals surface area contributed by atoms with Crippen molar-refractivity contribution in [1.29, 1.82) is 0 Å². The maximum Gasteiger partial charge on any atom is 0.350 e. The number of carbonyl (C=O) groups excluding carboxylic acids is 2. The Morgan fingerprint density at radius 2 is 1.77 bits per heavy atom. The van der Waals surface area contributed by atoms with Gasteiger partial charge in [-0.1, -0.05) is 17.7 Å². The number of hydrogen-bond donors (Lipinski definition) is 1. The Hall–Kier alpha value is -2.73. The number of anilines is 1. The smallest absolute Gasteiger partial charge is 0.350 e. The van der Waals surface area contributed by atoms with Crippen LogP contribution < -0.4 is 14.8 Å². The normalized spacial score (nSPS) is 10.8. The van der Waals surface area contributed by atoms with Crippen molar-refractivity contribution in [2.24, 2.45) is 0 Å². The molecule has 6 nitrogen and oxygen atoms in total. The average Bonchev–Trinajstić information content (AvgIpc) is 2.61. The van der Waals surface area contributed by atoms with Crippen LogP contribution in [0.1, 0.15) is 13.8 Å². The fourth-order valence-electron chi connectivity index (χ4n) is 2.04. The molecule has 0 aliphatic heterocycles. The third-order valence-electron chi connectivity index (χ3n) is 3.37. The first kappa shape index (κ1) is 19.6. The van der Waals surface area contributed by atoms with Crippen molar-refractivity contribution < 1.29 is 23.8 Å². The van der Waals surface area contributed by atoms with E-state index in [-0.39, 0.29) is 0 Å². The van der Waals surface area contributed by atoms with Crippen LogP contribution >= 0.6 is 11.6 Å². The monoisotopic (exact) mass is 377 g/mol. The van der Waals surface area contributed by atoms with Crippen LogP contribution in [0.3, 0.4) is 0 Å². The molecule has 2 aromatic carbocycles. The number of ether oxygens (including phenoxy) is 3. The van der Waals surface area contributed by atoms with Crippen LogP contribution in [0.25, 0.3) is 0 Å².